The first kappa shape index (κ1) is 14.9. The molecule has 0 spiro atoms. The predicted octanol–water partition coefficient (Wildman–Crippen LogP) is 3.85. The van der Waals surface area contributed by atoms with Crippen molar-refractivity contribution in [1.82, 2.24) is 4.90 Å². The lowest BCUT2D eigenvalue weighted by Gasteiger charge is -2.36. The number of hydrogen-bond donors (Lipinski definition) is 1. The van der Waals surface area contributed by atoms with Crippen LogP contribution in [0, 0.1) is 5.82 Å². The van der Waals surface area contributed by atoms with Gasteiger partial charge < -0.3 is 5.73 Å². The first-order chi connectivity index (χ1) is 9.00. The molecule has 0 bridgehead atoms. The van der Waals surface area contributed by atoms with Crippen LogP contribution < -0.4 is 5.73 Å². The summed E-state index contributed by atoms with van der Waals surface area (Å²) in [7, 11) is 0. The van der Waals surface area contributed by atoms with Gasteiger partial charge in [0.1, 0.15) is 5.82 Å². The van der Waals surface area contributed by atoms with Gasteiger partial charge in [-0.2, -0.15) is 0 Å². The van der Waals surface area contributed by atoms with Crippen LogP contribution in [0.25, 0.3) is 0 Å². The summed E-state index contributed by atoms with van der Waals surface area (Å²) in [5.41, 5.74) is 7.48. The highest BCUT2D eigenvalue weighted by Gasteiger charge is 2.30. The summed E-state index contributed by atoms with van der Waals surface area (Å²) in [6.45, 7) is 5.46. The summed E-state index contributed by atoms with van der Waals surface area (Å²) in [6.07, 6.45) is 3.39. The second-order valence-corrected chi connectivity index (χ2v) is 6.46. The molecule has 0 amide bonds. The van der Waals surface area contributed by atoms with Crippen LogP contribution in [0.1, 0.15) is 44.7 Å². The fourth-order valence-corrected chi connectivity index (χ4v) is 3.33. The van der Waals surface area contributed by atoms with Crippen LogP contribution in [0.15, 0.2) is 22.7 Å². The van der Waals surface area contributed by atoms with Gasteiger partial charge in [-0.25, -0.2) is 4.39 Å². The highest BCUT2D eigenvalue weighted by Crippen LogP contribution is 2.32. The van der Waals surface area contributed by atoms with Gasteiger partial charge in [0.15, 0.2) is 0 Å². The largest absolute Gasteiger partial charge is 0.326 e. The molecule has 1 aliphatic heterocycles. The van der Waals surface area contributed by atoms with Crippen LogP contribution in [-0.4, -0.2) is 23.5 Å². The second kappa shape index (κ2) is 6.33. The Bertz CT molecular complexity index is 436. The topological polar surface area (TPSA) is 29.3 Å². The molecule has 1 saturated heterocycles. The van der Waals surface area contributed by atoms with Crippen molar-refractivity contribution < 1.29 is 4.39 Å². The van der Waals surface area contributed by atoms with E-state index in [-0.39, 0.29) is 17.9 Å². The minimum absolute atomic E-state index is 0.113. The number of hydrogen-bond acceptors (Lipinski definition) is 2. The number of halogens is 2. The highest BCUT2D eigenvalue weighted by molar-refractivity contribution is 9.10. The monoisotopic (exact) mass is 328 g/mol. The van der Waals surface area contributed by atoms with Gasteiger partial charge in [-0.15, -0.1) is 0 Å². The molecule has 2 N–H and O–H groups in total. The molecule has 2 nitrogen and oxygen atoms in total. The van der Waals surface area contributed by atoms with Crippen molar-refractivity contribution in [3.8, 4) is 0 Å². The van der Waals surface area contributed by atoms with Gasteiger partial charge in [-0.3, -0.25) is 4.90 Å². The van der Waals surface area contributed by atoms with Crippen LogP contribution in [-0.2, 0) is 0 Å². The Balaban J connectivity index is 2.37. The van der Waals surface area contributed by atoms with Gasteiger partial charge >= 0.3 is 0 Å². The third-order valence-electron chi connectivity index (χ3n) is 3.92. The maximum atomic E-state index is 13.4. The quantitative estimate of drug-likeness (QED) is 0.893. The molecule has 1 aromatic rings. The van der Waals surface area contributed by atoms with Gasteiger partial charge in [-0.05, 0) is 66.9 Å². The van der Waals surface area contributed by atoms with E-state index in [1.165, 1.54) is 18.9 Å². The molecule has 1 aromatic carbocycles. The molecule has 1 aliphatic rings. The van der Waals surface area contributed by atoms with Gasteiger partial charge in [0, 0.05) is 12.1 Å². The fraction of sp³-hybridized carbons (Fsp3) is 0.600. The Kier molecular flexibility index (Phi) is 4.98. The predicted molar refractivity (Wildman–Crippen MR) is 80.5 cm³/mol. The smallest absolute Gasteiger partial charge is 0.137 e. The van der Waals surface area contributed by atoms with Gasteiger partial charge in [0.25, 0.3) is 0 Å². The lowest BCUT2D eigenvalue weighted by Crippen LogP contribution is -2.43. The molecule has 0 aromatic heterocycles. The number of rotatable bonds is 2. The summed E-state index contributed by atoms with van der Waals surface area (Å²) in [6, 6.07) is 6.00. The lowest BCUT2D eigenvalue weighted by molar-refractivity contribution is 0.144. The van der Waals surface area contributed by atoms with E-state index in [1.807, 2.05) is 12.1 Å². The minimum atomic E-state index is -0.220. The SMILES string of the molecule is CC(C)N1CCCCC(N)C1c1ccc(F)c(Br)c1. The van der Waals surface area contributed by atoms with Crippen LogP contribution in [0.2, 0.25) is 0 Å². The Morgan fingerprint density at radius 2 is 2.11 bits per heavy atom. The Morgan fingerprint density at radius 3 is 2.74 bits per heavy atom. The second-order valence-electron chi connectivity index (χ2n) is 5.61. The molecule has 4 heteroatoms. The fourth-order valence-electron chi connectivity index (χ4n) is 2.93. The Labute approximate surface area is 123 Å². The van der Waals surface area contributed by atoms with Crippen LogP contribution in [0.5, 0.6) is 0 Å². The van der Waals surface area contributed by atoms with E-state index in [1.54, 1.807) is 0 Å². The van der Waals surface area contributed by atoms with Crippen molar-refractivity contribution in [3.63, 3.8) is 0 Å². The van der Waals surface area contributed by atoms with Crippen molar-refractivity contribution in [3.05, 3.63) is 34.1 Å². The number of nitrogens with two attached hydrogens (primary N) is 1. The summed E-state index contributed by atoms with van der Waals surface area (Å²) < 4.78 is 13.9. The zero-order valence-corrected chi connectivity index (χ0v) is 13.2. The third-order valence-corrected chi connectivity index (χ3v) is 4.52. The Morgan fingerprint density at radius 1 is 1.37 bits per heavy atom. The molecule has 1 fully saturated rings. The zero-order valence-electron chi connectivity index (χ0n) is 11.6. The van der Waals surface area contributed by atoms with Crippen molar-refractivity contribution in [2.24, 2.45) is 5.73 Å². The van der Waals surface area contributed by atoms with Crippen LogP contribution in [0.3, 0.4) is 0 Å². The van der Waals surface area contributed by atoms with E-state index in [4.69, 9.17) is 5.73 Å². The van der Waals surface area contributed by atoms with Crippen molar-refractivity contribution >= 4 is 15.9 Å². The number of nitrogens with zero attached hydrogens (tertiary/aromatic N) is 1. The number of likely N-dealkylation sites (tertiary alicyclic amines) is 1. The van der Waals surface area contributed by atoms with Crippen molar-refractivity contribution in [2.45, 2.75) is 51.2 Å². The summed E-state index contributed by atoms with van der Waals surface area (Å²) in [5.74, 6) is -0.220. The van der Waals surface area contributed by atoms with Crippen molar-refractivity contribution in [1.29, 1.82) is 0 Å². The van der Waals surface area contributed by atoms with E-state index >= 15 is 0 Å². The summed E-state index contributed by atoms with van der Waals surface area (Å²) in [4.78, 5) is 2.44. The molecular formula is C15H22BrFN2. The van der Waals surface area contributed by atoms with Gasteiger partial charge in [-0.1, -0.05) is 12.5 Å². The molecule has 2 rings (SSSR count). The minimum Gasteiger partial charge on any atom is -0.326 e. The molecular weight excluding hydrogens is 307 g/mol. The molecule has 2 atom stereocenters. The first-order valence-corrected chi connectivity index (χ1v) is 7.76. The van der Waals surface area contributed by atoms with E-state index in [0.29, 0.717) is 10.5 Å². The molecule has 1 heterocycles. The average molecular weight is 329 g/mol. The average Bonchev–Trinajstić information content (AvgIpc) is 2.55. The molecule has 0 radical (unpaired) electrons. The third kappa shape index (κ3) is 3.36. The molecule has 2 unspecified atom stereocenters. The molecule has 0 aliphatic carbocycles. The molecule has 19 heavy (non-hydrogen) atoms. The van der Waals surface area contributed by atoms with E-state index < -0.39 is 0 Å². The van der Waals surface area contributed by atoms with E-state index in [2.05, 4.69) is 34.7 Å². The van der Waals surface area contributed by atoms with Gasteiger partial charge in [0.2, 0.25) is 0 Å². The normalized spacial score (nSPS) is 25.6. The number of benzene rings is 1. The standard InChI is InChI=1S/C15H22BrFN2/c1-10(2)19-8-4-3-5-14(18)15(19)11-6-7-13(17)12(16)9-11/h6-7,9-10,14-15H,3-5,8,18H2,1-2H3. The van der Waals surface area contributed by atoms with Crippen molar-refractivity contribution in [2.75, 3.05) is 6.54 Å². The summed E-state index contributed by atoms with van der Waals surface area (Å²) >= 11 is 3.27. The zero-order chi connectivity index (χ0) is 14.0. The maximum absolute atomic E-state index is 13.4. The lowest BCUT2D eigenvalue weighted by atomic mass is 9.95. The summed E-state index contributed by atoms with van der Waals surface area (Å²) in [5, 5.41) is 0. The van der Waals surface area contributed by atoms with Crippen LogP contribution >= 0.6 is 15.9 Å². The van der Waals surface area contributed by atoms with Gasteiger partial charge in [0.05, 0.1) is 10.5 Å². The maximum Gasteiger partial charge on any atom is 0.137 e. The molecule has 0 saturated carbocycles. The van der Waals surface area contributed by atoms with E-state index in [0.717, 1.165) is 18.5 Å². The first-order valence-electron chi connectivity index (χ1n) is 6.97. The highest BCUT2D eigenvalue weighted by atomic mass is 79.9. The Hall–Kier alpha value is -0.450. The van der Waals surface area contributed by atoms with E-state index in [9.17, 15) is 4.39 Å². The molecule has 106 valence electrons. The van der Waals surface area contributed by atoms with Crippen LogP contribution in [0.4, 0.5) is 4.39 Å².